The average molecular weight is 277 g/mol. The molecule has 1 amide bonds. The number of nitrogens with two attached hydrogens (primary N) is 1. The molecule has 0 aromatic heterocycles. The first-order chi connectivity index (χ1) is 9.71. The fraction of sp³-hybridized carbons (Fsp3) is 0.533. The lowest BCUT2D eigenvalue weighted by atomic mass is 10.1. The normalized spacial score (nSPS) is 19.2. The van der Waals surface area contributed by atoms with E-state index in [1.807, 2.05) is 12.1 Å². The number of nitrogens with zero attached hydrogens (tertiary/aromatic N) is 1. The molecule has 0 saturated carbocycles. The van der Waals surface area contributed by atoms with Gasteiger partial charge in [0.05, 0.1) is 13.0 Å². The first-order valence-electron chi connectivity index (χ1n) is 7.00. The minimum absolute atomic E-state index is 0.167. The molecule has 1 fully saturated rings. The van der Waals surface area contributed by atoms with Gasteiger partial charge >= 0.3 is 0 Å². The molecule has 0 bridgehead atoms. The molecule has 5 heteroatoms. The van der Waals surface area contributed by atoms with Crippen molar-refractivity contribution in [3.05, 3.63) is 35.4 Å². The van der Waals surface area contributed by atoms with Crippen molar-refractivity contribution in [1.82, 2.24) is 10.3 Å². The van der Waals surface area contributed by atoms with Crippen LogP contribution in [0.2, 0.25) is 0 Å². The molecular formula is C15H23N3O2. The Labute approximate surface area is 120 Å². The second-order valence-electron chi connectivity index (χ2n) is 5.41. The zero-order chi connectivity index (χ0) is 14.4. The number of likely N-dealkylation sites (tertiary alicyclic amines) is 1. The zero-order valence-corrected chi connectivity index (χ0v) is 12.0. The summed E-state index contributed by atoms with van der Waals surface area (Å²) in [5.74, 6) is 5.57. The van der Waals surface area contributed by atoms with Crippen molar-refractivity contribution in [3.8, 4) is 0 Å². The van der Waals surface area contributed by atoms with Crippen molar-refractivity contribution < 1.29 is 9.53 Å². The van der Waals surface area contributed by atoms with Gasteiger partial charge < -0.3 is 4.74 Å². The third-order valence-electron chi connectivity index (χ3n) is 3.73. The van der Waals surface area contributed by atoms with Gasteiger partial charge in [0.1, 0.15) is 0 Å². The van der Waals surface area contributed by atoms with Crippen LogP contribution in [0.1, 0.15) is 17.5 Å². The van der Waals surface area contributed by atoms with Crippen molar-refractivity contribution in [2.24, 2.45) is 11.8 Å². The summed E-state index contributed by atoms with van der Waals surface area (Å²) < 4.78 is 5.21. The van der Waals surface area contributed by atoms with Crippen molar-refractivity contribution in [2.45, 2.75) is 19.4 Å². The van der Waals surface area contributed by atoms with Crippen LogP contribution in [0.5, 0.6) is 0 Å². The van der Waals surface area contributed by atoms with Crippen LogP contribution in [-0.4, -0.2) is 37.6 Å². The summed E-state index contributed by atoms with van der Waals surface area (Å²) in [4.78, 5) is 13.6. The molecule has 5 nitrogen and oxygen atoms in total. The molecule has 0 spiro atoms. The van der Waals surface area contributed by atoms with Gasteiger partial charge in [-0.1, -0.05) is 24.3 Å². The minimum Gasteiger partial charge on any atom is -0.384 e. The second kappa shape index (κ2) is 7.38. The van der Waals surface area contributed by atoms with Crippen LogP contribution < -0.4 is 11.3 Å². The number of nitrogens with one attached hydrogen (secondary N) is 1. The van der Waals surface area contributed by atoms with Crippen molar-refractivity contribution in [1.29, 1.82) is 0 Å². The third kappa shape index (κ3) is 4.30. The van der Waals surface area contributed by atoms with Crippen molar-refractivity contribution in [3.63, 3.8) is 0 Å². The van der Waals surface area contributed by atoms with Crippen LogP contribution in [0, 0.1) is 5.92 Å². The Morgan fingerprint density at radius 2 is 2.10 bits per heavy atom. The highest BCUT2D eigenvalue weighted by Crippen LogP contribution is 2.19. The molecule has 1 atom stereocenters. The van der Waals surface area contributed by atoms with Gasteiger partial charge in [0.15, 0.2) is 0 Å². The highest BCUT2D eigenvalue weighted by molar-refractivity contribution is 5.77. The Balaban J connectivity index is 1.83. The molecule has 1 aliphatic heterocycles. The van der Waals surface area contributed by atoms with E-state index in [9.17, 15) is 4.79 Å². The van der Waals surface area contributed by atoms with Crippen LogP contribution in [-0.2, 0) is 22.5 Å². The predicted molar refractivity (Wildman–Crippen MR) is 77.7 cm³/mol. The van der Waals surface area contributed by atoms with Crippen molar-refractivity contribution in [2.75, 3.05) is 26.8 Å². The van der Waals surface area contributed by atoms with Crippen molar-refractivity contribution >= 4 is 5.91 Å². The Morgan fingerprint density at radius 3 is 2.75 bits per heavy atom. The molecule has 0 radical (unpaired) electrons. The highest BCUT2D eigenvalue weighted by atomic mass is 16.5. The number of methoxy groups -OCH3 is 1. The molecule has 1 aliphatic rings. The standard InChI is InChI=1S/C15H23N3O2/c1-20-11-14-6-7-18(10-14)9-13-4-2-12(3-5-13)8-15(19)17-16/h2-5,14H,6-11,16H2,1H3,(H,17,19). The van der Waals surface area contributed by atoms with E-state index in [1.165, 1.54) is 12.0 Å². The molecule has 1 unspecified atom stereocenters. The van der Waals surface area contributed by atoms with Gasteiger partial charge in [0.25, 0.3) is 0 Å². The molecule has 1 saturated heterocycles. The molecular weight excluding hydrogens is 254 g/mol. The fourth-order valence-electron chi connectivity index (χ4n) is 2.69. The number of hydrazine groups is 1. The summed E-state index contributed by atoms with van der Waals surface area (Å²) in [6.07, 6.45) is 1.54. The fourth-order valence-corrected chi connectivity index (χ4v) is 2.69. The van der Waals surface area contributed by atoms with E-state index in [4.69, 9.17) is 10.6 Å². The van der Waals surface area contributed by atoms with Gasteiger partial charge in [-0.25, -0.2) is 5.84 Å². The minimum atomic E-state index is -0.167. The molecule has 110 valence electrons. The Kier molecular flexibility index (Phi) is 5.52. The lowest BCUT2D eigenvalue weighted by Crippen LogP contribution is -2.31. The predicted octanol–water partition coefficient (Wildman–Crippen LogP) is 0.687. The maximum absolute atomic E-state index is 11.2. The number of amides is 1. The molecule has 0 aliphatic carbocycles. The lowest BCUT2D eigenvalue weighted by molar-refractivity contribution is -0.120. The summed E-state index contributed by atoms with van der Waals surface area (Å²) in [6.45, 7) is 4.05. The number of ether oxygens (including phenoxy) is 1. The van der Waals surface area contributed by atoms with Gasteiger partial charge in [-0.2, -0.15) is 0 Å². The topological polar surface area (TPSA) is 67.6 Å². The quantitative estimate of drug-likeness (QED) is 0.456. The van der Waals surface area contributed by atoms with Crippen LogP contribution >= 0.6 is 0 Å². The van der Waals surface area contributed by atoms with E-state index in [-0.39, 0.29) is 5.91 Å². The summed E-state index contributed by atoms with van der Waals surface area (Å²) in [7, 11) is 1.76. The van der Waals surface area contributed by atoms with E-state index in [0.29, 0.717) is 12.3 Å². The van der Waals surface area contributed by atoms with E-state index < -0.39 is 0 Å². The molecule has 1 heterocycles. The molecule has 1 aromatic rings. The summed E-state index contributed by atoms with van der Waals surface area (Å²) in [6, 6.07) is 8.16. The Hall–Kier alpha value is -1.43. The number of rotatable bonds is 6. The van der Waals surface area contributed by atoms with Crippen LogP contribution in [0.3, 0.4) is 0 Å². The number of hydrogen-bond donors (Lipinski definition) is 2. The first-order valence-corrected chi connectivity index (χ1v) is 7.00. The molecule has 1 aromatic carbocycles. The van der Waals surface area contributed by atoms with E-state index in [2.05, 4.69) is 22.5 Å². The average Bonchev–Trinajstić information content (AvgIpc) is 2.88. The number of benzene rings is 1. The van der Waals surface area contributed by atoms with E-state index >= 15 is 0 Å². The van der Waals surface area contributed by atoms with Gasteiger partial charge in [0.2, 0.25) is 5.91 Å². The van der Waals surface area contributed by atoms with Crippen LogP contribution in [0.25, 0.3) is 0 Å². The maximum atomic E-state index is 11.2. The van der Waals surface area contributed by atoms with Gasteiger partial charge in [0, 0.05) is 20.2 Å². The van der Waals surface area contributed by atoms with E-state index in [0.717, 1.165) is 31.8 Å². The molecule has 3 N–H and O–H groups in total. The third-order valence-corrected chi connectivity index (χ3v) is 3.73. The summed E-state index contributed by atoms with van der Waals surface area (Å²) in [5, 5.41) is 0. The zero-order valence-electron chi connectivity index (χ0n) is 12.0. The Bertz CT molecular complexity index is 433. The monoisotopic (exact) mass is 277 g/mol. The summed E-state index contributed by atoms with van der Waals surface area (Å²) in [5.41, 5.74) is 4.40. The molecule has 20 heavy (non-hydrogen) atoms. The van der Waals surface area contributed by atoms with Gasteiger partial charge in [-0.15, -0.1) is 0 Å². The van der Waals surface area contributed by atoms with Gasteiger partial charge in [-0.05, 0) is 30.0 Å². The first kappa shape index (κ1) is 15.0. The van der Waals surface area contributed by atoms with E-state index in [1.54, 1.807) is 7.11 Å². The smallest absolute Gasteiger partial charge is 0.238 e. The number of carbonyl (C=O) groups excluding carboxylic acids is 1. The SMILES string of the molecule is COCC1CCN(Cc2ccc(CC(=O)NN)cc2)C1. The number of hydrogen-bond acceptors (Lipinski definition) is 4. The maximum Gasteiger partial charge on any atom is 0.238 e. The highest BCUT2D eigenvalue weighted by Gasteiger charge is 2.22. The summed E-state index contributed by atoms with van der Waals surface area (Å²) >= 11 is 0. The second-order valence-corrected chi connectivity index (χ2v) is 5.41. The van der Waals surface area contributed by atoms with Crippen LogP contribution in [0.4, 0.5) is 0 Å². The number of carbonyl (C=O) groups is 1. The van der Waals surface area contributed by atoms with Gasteiger partial charge in [-0.3, -0.25) is 15.1 Å². The largest absolute Gasteiger partial charge is 0.384 e. The molecule has 2 rings (SSSR count). The lowest BCUT2D eigenvalue weighted by Gasteiger charge is -2.16. The van der Waals surface area contributed by atoms with Crippen LogP contribution in [0.15, 0.2) is 24.3 Å². The Morgan fingerprint density at radius 1 is 1.40 bits per heavy atom.